The number of pyridine rings is 1. The van der Waals surface area contributed by atoms with Gasteiger partial charge < -0.3 is 19.1 Å². The van der Waals surface area contributed by atoms with Crippen LogP contribution < -0.4 is 15.0 Å². The molecule has 1 aromatic heterocycles. The number of aryl methyl sites for hydroxylation is 1. The lowest BCUT2D eigenvalue weighted by atomic mass is 9.86. The van der Waals surface area contributed by atoms with E-state index in [0.717, 1.165) is 0 Å². The summed E-state index contributed by atoms with van der Waals surface area (Å²) in [5, 5.41) is 10.6. The zero-order chi connectivity index (χ0) is 18.4. The zero-order valence-electron chi connectivity index (χ0n) is 14.4. The number of hydrogen-bond donors (Lipinski definition) is 1. The van der Waals surface area contributed by atoms with E-state index in [2.05, 4.69) is 0 Å². The number of aromatic hydroxyl groups is 1. The normalized spacial score (nSPS) is 16.2. The molecule has 26 heavy (non-hydrogen) atoms. The summed E-state index contributed by atoms with van der Waals surface area (Å²) in [6, 6.07) is 12.2. The van der Waals surface area contributed by atoms with Crippen molar-refractivity contribution < 1.29 is 19.4 Å². The van der Waals surface area contributed by atoms with Crippen LogP contribution in [-0.2, 0) is 11.8 Å². The average Bonchev–Trinajstić information content (AvgIpc) is 2.66. The Bertz CT molecular complexity index is 1100. The number of fused-ring (bicyclic) bond motifs is 3. The summed E-state index contributed by atoms with van der Waals surface area (Å²) in [6.45, 7) is 0. The minimum Gasteiger partial charge on any atom is -0.504 e. The molecular weight excluding hydrogens is 334 g/mol. The van der Waals surface area contributed by atoms with Gasteiger partial charge in [0.05, 0.1) is 24.6 Å². The number of methoxy groups -OCH3 is 1. The van der Waals surface area contributed by atoms with Crippen molar-refractivity contribution in [1.82, 2.24) is 4.57 Å². The van der Waals surface area contributed by atoms with Crippen LogP contribution in [0.1, 0.15) is 23.5 Å². The van der Waals surface area contributed by atoms with Gasteiger partial charge in [0.25, 0.3) is 5.56 Å². The maximum Gasteiger partial charge on any atom is 0.312 e. The van der Waals surface area contributed by atoms with E-state index in [1.807, 2.05) is 24.3 Å². The fourth-order valence-corrected chi connectivity index (χ4v) is 3.53. The van der Waals surface area contributed by atoms with E-state index in [1.54, 1.807) is 23.7 Å². The molecule has 6 nitrogen and oxygen atoms in total. The number of phenolic OH excluding ortho intramolecular Hbond substituents is 1. The van der Waals surface area contributed by atoms with Gasteiger partial charge in [-0.05, 0) is 29.8 Å². The first-order chi connectivity index (χ1) is 12.5. The van der Waals surface area contributed by atoms with Gasteiger partial charge in [0, 0.05) is 18.4 Å². The molecule has 3 aromatic rings. The molecule has 0 unspecified atom stereocenters. The smallest absolute Gasteiger partial charge is 0.312 e. The second kappa shape index (κ2) is 5.91. The molecule has 0 radical (unpaired) electrons. The van der Waals surface area contributed by atoms with Crippen molar-refractivity contribution in [3.05, 3.63) is 63.9 Å². The van der Waals surface area contributed by atoms with Gasteiger partial charge in [-0.2, -0.15) is 0 Å². The minimum absolute atomic E-state index is 0.00118. The van der Waals surface area contributed by atoms with Crippen LogP contribution in [0.5, 0.6) is 17.2 Å². The molecule has 0 amide bonds. The van der Waals surface area contributed by atoms with Crippen LogP contribution in [0.15, 0.2) is 47.3 Å². The number of carbonyl (C=O) groups excluding carboxylic acids is 1. The fraction of sp³-hybridized carbons (Fsp3) is 0.200. The van der Waals surface area contributed by atoms with Crippen LogP contribution in [0.4, 0.5) is 0 Å². The third-order valence-corrected chi connectivity index (χ3v) is 4.83. The average molecular weight is 351 g/mol. The molecule has 2 aromatic carbocycles. The van der Waals surface area contributed by atoms with Gasteiger partial charge in [0.15, 0.2) is 11.5 Å². The fourth-order valence-electron chi connectivity index (χ4n) is 3.53. The lowest BCUT2D eigenvalue weighted by molar-refractivity contribution is -0.135. The van der Waals surface area contributed by atoms with E-state index < -0.39 is 11.9 Å². The monoisotopic (exact) mass is 351 g/mol. The summed E-state index contributed by atoms with van der Waals surface area (Å²) in [5.41, 5.74) is 1.65. The number of para-hydroxylation sites is 1. The number of rotatable bonds is 2. The highest BCUT2D eigenvalue weighted by Gasteiger charge is 2.33. The van der Waals surface area contributed by atoms with Gasteiger partial charge in [0.1, 0.15) is 5.75 Å². The number of aromatic nitrogens is 1. The third-order valence-electron chi connectivity index (χ3n) is 4.83. The lowest BCUT2D eigenvalue weighted by Crippen LogP contribution is -2.31. The summed E-state index contributed by atoms with van der Waals surface area (Å²) < 4.78 is 12.2. The van der Waals surface area contributed by atoms with Crippen molar-refractivity contribution in [2.75, 3.05) is 7.11 Å². The SMILES string of the molecule is COc1cc([C@@H]2CC(=O)Oc3c2c(=O)n(C)c2ccccc32)ccc1O. The molecule has 132 valence electrons. The largest absolute Gasteiger partial charge is 0.504 e. The third kappa shape index (κ3) is 2.34. The predicted molar refractivity (Wildman–Crippen MR) is 95.9 cm³/mol. The first-order valence-electron chi connectivity index (χ1n) is 8.20. The molecule has 0 aliphatic carbocycles. The Morgan fingerprint density at radius 1 is 1.19 bits per heavy atom. The molecule has 0 saturated carbocycles. The van der Waals surface area contributed by atoms with Crippen LogP contribution in [0.2, 0.25) is 0 Å². The van der Waals surface area contributed by atoms with E-state index in [-0.39, 0.29) is 17.7 Å². The summed E-state index contributed by atoms with van der Waals surface area (Å²) in [4.78, 5) is 25.3. The zero-order valence-corrected chi connectivity index (χ0v) is 14.4. The first kappa shape index (κ1) is 16.2. The van der Waals surface area contributed by atoms with Crippen molar-refractivity contribution in [3.8, 4) is 17.2 Å². The summed E-state index contributed by atoms with van der Waals surface area (Å²) in [6.07, 6.45) is 0.0501. The van der Waals surface area contributed by atoms with E-state index >= 15 is 0 Å². The van der Waals surface area contributed by atoms with E-state index in [4.69, 9.17) is 9.47 Å². The quantitative estimate of drug-likeness (QED) is 0.718. The van der Waals surface area contributed by atoms with Crippen LogP contribution in [0.25, 0.3) is 10.9 Å². The second-order valence-corrected chi connectivity index (χ2v) is 6.29. The second-order valence-electron chi connectivity index (χ2n) is 6.29. The summed E-state index contributed by atoms with van der Waals surface area (Å²) >= 11 is 0. The molecule has 0 saturated heterocycles. The van der Waals surface area contributed by atoms with Crippen molar-refractivity contribution in [2.24, 2.45) is 7.05 Å². The Labute approximate surface area is 149 Å². The highest BCUT2D eigenvalue weighted by Crippen LogP contribution is 2.42. The van der Waals surface area contributed by atoms with Crippen LogP contribution in [0.3, 0.4) is 0 Å². The number of phenols is 1. The Hall–Kier alpha value is -3.28. The Morgan fingerprint density at radius 3 is 2.73 bits per heavy atom. The Morgan fingerprint density at radius 2 is 1.96 bits per heavy atom. The van der Waals surface area contributed by atoms with Crippen LogP contribution in [0, 0.1) is 0 Å². The van der Waals surface area contributed by atoms with Crippen LogP contribution >= 0.6 is 0 Å². The van der Waals surface area contributed by atoms with Gasteiger partial charge >= 0.3 is 5.97 Å². The van der Waals surface area contributed by atoms with E-state index in [9.17, 15) is 14.7 Å². The van der Waals surface area contributed by atoms with Gasteiger partial charge in [-0.25, -0.2) is 0 Å². The Kier molecular flexibility index (Phi) is 3.68. The topological polar surface area (TPSA) is 77.8 Å². The van der Waals surface area contributed by atoms with Gasteiger partial charge in [-0.1, -0.05) is 18.2 Å². The maximum atomic E-state index is 13.0. The molecule has 0 bridgehead atoms. The molecule has 1 atom stereocenters. The number of nitrogens with zero attached hydrogens (tertiary/aromatic N) is 1. The maximum absolute atomic E-state index is 13.0. The van der Waals surface area contributed by atoms with E-state index in [1.165, 1.54) is 13.2 Å². The lowest BCUT2D eigenvalue weighted by Gasteiger charge is -2.26. The number of hydrogen-bond acceptors (Lipinski definition) is 5. The Balaban J connectivity index is 2.02. The molecule has 1 aliphatic heterocycles. The van der Waals surface area contributed by atoms with Gasteiger partial charge in [-0.3, -0.25) is 9.59 Å². The summed E-state index contributed by atoms with van der Waals surface area (Å²) in [5.74, 6) is -0.254. The van der Waals surface area contributed by atoms with Crippen molar-refractivity contribution in [1.29, 1.82) is 0 Å². The first-order valence-corrected chi connectivity index (χ1v) is 8.20. The predicted octanol–water partition coefficient (Wildman–Crippen LogP) is 2.69. The standard InChI is InChI=1S/C20H17NO5/c1-21-14-6-4-3-5-12(14)19-18(20(21)24)13(10-17(23)26-19)11-7-8-15(22)16(9-11)25-2/h3-9,13,22H,10H2,1-2H3/t13-/m0/s1. The molecule has 0 fully saturated rings. The van der Waals surface area contributed by atoms with Crippen molar-refractivity contribution >= 4 is 16.9 Å². The number of esters is 1. The molecular formula is C20H17NO5. The molecule has 1 aliphatic rings. The highest BCUT2D eigenvalue weighted by molar-refractivity contribution is 5.91. The van der Waals surface area contributed by atoms with Crippen molar-refractivity contribution in [2.45, 2.75) is 12.3 Å². The molecule has 6 heteroatoms. The molecule has 2 heterocycles. The highest BCUT2D eigenvalue weighted by atomic mass is 16.5. The van der Waals surface area contributed by atoms with Gasteiger partial charge in [-0.15, -0.1) is 0 Å². The molecule has 4 rings (SSSR count). The minimum atomic E-state index is -0.468. The number of carbonyl (C=O) groups is 1. The van der Waals surface area contributed by atoms with Crippen LogP contribution in [-0.4, -0.2) is 22.8 Å². The summed E-state index contributed by atoms with van der Waals surface area (Å²) in [7, 11) is 3.16. The number of ether oxygens (including phenoxy) is 2. The van der Waals surface area contributed by atoms with Crippen molar-refractivity contribution in [3.63, 3.8) is 0 Å². The molecule has 0 spiro atoms. The van der Waals surface area contributed by atoms with Gasteiger partial charge in [0.2, 0.25) is 0 Å². The van der Waals surface area contributed by atoms with E-state index in [0.29, 0.717) is 33.5 Å². The number of benzene rings is 2. The molecule has 1 N–H and O–H groups in total.